The van der Waals surface area contributed by atoms with Crippen LogP contribution in [0.1, 0.15) is 31.2 Å². The normalized spacial score (nSPS) is 16.6. The van der Waals surface area contributed by atoms with Gasteiger partial charge in [-0.25, -0.2) is 0 Å². The number of ether oxygens (including phenoxy) is 1. The summed E-state index contributed by atoms with van der Waals surface area (Å²) < 4.78 is 4.76. The van der Waals surface area contributed by atoms with E-state index in [2.05, 4.69) is 10.6 Å². The number of carbonyl (C=O) groups is 4. The third-order valence-corrected chi connectivity index (χ3v) is 5.04. The van der Waals surface area contributed by atoms with Crippen molar-refractivity contribution in [3.63, 3.8) is 0 Å². The lowest BCUT2D eigenvalue weighted by atomic mass is 10.1. The first-order chi connectivity index (χ1) is 12.9. The van der Waals surface area contributed by atoms with Gasteiger partial charge in [0.25, 0.3) is 0 Å². The smallest absolute Gasteiger partial charge is 0.325 e. The number of nitrogens with zero attached hydrogens (tertiary/aromatic N) is 1. The number of hydrogen-bond donors (Lipinski definition) is 2. The Morgan fingerprint density at radius 3 is 2.59 bits per heavy atom. The minimum atomic E-state index is -0.518. The summed E-state index contributed by atoms with van der Waals surface area (Å²) in [5.74, 6) is -0.548. The van der Waals surface area contributed by atoms with E-state index >= 15 is 0 Å². The number of hydrogen-bond acceptors (Lipinski definition) is 6. The van der Waals surface area contributed by atoms with Crippen LogP contribution in [0.2, 0.25) is 0 Å². The lowest BCUT2D eigenvalue weighted by molar-refractivity contribution is -0.143. The van der Waals surface area contributed by atoms with Crippen molar-refractivity contribution >= 4 is 41.1 Å². The standard InChI is InChI=1S/C18H23N3O5S/c1-3-26-17(25)10-19-15(23)11-21-16(24)8-9-27-18(21)13-4-6-14(7-5-13)20-12(2)22/h4-7,18H,3,8-11H2,1-2H3,(H,19,23)(H,20,22). The zero-order valence-electron chi connectivity index (χ0n) is 15.3. The first kappa shape index (κ1) is 20.8. The summed E-state index contributed by atoms with van der Waals surface area (Å²) in [7, 11) is 0. The van der Waals surface area contributed by atoms with Crippen LogP contribution in [0.4, 0.5) is 5.69 Å². The van der Waals surface area contributed by atoms with Crippen molar-refractivity contribution in [2.24, 2.45) is 0 Å². The maximum Gasteiger partial charge on any atom is 0.325 e. The summed E-state index contributed by atoms with van der Waals surface area (Å²) >= 11 is 1.57. The number of esters is 1. The molecule has 1 aromatic carbocycles. The molecule has 2 N–H and O–H groups in total. The third kappa shape index (κ3) is 6.28. The predicted molar refractivity (Wildman–Crippen MR) is 102 cm³/mol. The molecule has 0 spiro atoms. The van der Waals surface area contributed by atoms with Crippen LogP contribution >= 0.6 is 11.8 Å². The molecule has 0 saturated carbocycles. The molecule has 1 aliphatic heterocycles. The Kier molecular flexibility index (Phi) is 7.66. The molecule has 9 heteroatoms. The minimum Gasteiger partial charge on any atom is -0.465 e. The van der Waals surface area contributed by atoms with Gasteiger partial charge in [0, 0.05) is 24.8 Å². The molecule has 3 amide bonds. The lowest BCUT2D eigenvalue weighted by Gasteiger charge is -2.35. The number of anilines is 1. The molecule has 1 fully saturated rings. The first-order valence-corrected chi connectivity index (χ1v) is 9.66. The summed E-state index contributed by atoms with van der Waals surface area (Å²) in [6, 6.07) is 7.17. The fraction of sp³-hybridized carbons (Fsp3) is 0.444. The van der Waals surface area contributed by atoms with Gasteiger partial charge in [-0.05, 0) is 24.6 Å². The summed E-state index contributed by atoms with van der Waals surface area (Å²) in [6.07, 6.45) is 0.357. The van der Waals surface area contributed by atoms with Gasteiger partial charge in [-0.2, -0.15) is 0 Å². The Morgan fingerprint density at radius 2 is 1.96 bits per heavy atom. The molecule has 146 valence electrons. The van der Waals surface area contributed by atoms with E-state index in [1.54, 1.807) is 30.8 Å². The van der Waals surface area contributed by atoms with Gasteiger partial charge < -0.3 is 20.3 Å². The number of amides is 3. The summed E-state index contributed by atoms with van der Waals surface area (Å²) in [5, 5.41) is 4.86. The Balaban J connectivity index is 2.03. The fourth-order valence-electron chi connectivity index (χ4n) is 2.60. The topological polar surface area (TPSA) is 105 Å². The van der Waals surface area contributed by atoms with Crippen LogP contribution < -0.4 is 10.6 Å². The zero-order chi connectivity index (χ0) is 19.8. The van der Waals surface area contributed by atoms with Crippen LogP contribution in [0.15, 0.2) is 24.3 Å². The van der Waals surface area contributed by atoms with Crippen molar-refractivity contribution in [3.8, 4) is 0 Å². The molecule has 0 radical (unpaired) electrons. The summed E-state index contributed by atoms with van der Waals surface area (Å²) in [5.41, 5.74) is 1.53. The van der Waals surface area contributed by atoms with Crippen molar-refractivity contribution in [1.29, 1.82) is 0 Å². The molecule has 0 aromatic heterocycles. The highest BCUT2D eigenvalue weighted by molar-refractivity contribution is 7.99. The highest BCUT2D eigenvalue weighted by atomic mass is 32.2. The molecule has 0 aliphatic carbocycles. The molecule has 1 aromatic rings. The van der Waals surface area contributed by atoms with Crippen molar-refractivity contribution in [3.05, 3.63) is 29.8 Å². The van der Waals surface area contributed by atoms with E-state index in [0.717, 1.165) is 5.56 Å². The Labute approximate surface area is 162 Å². The quantitative estimate of drug-likeness (QED) is 0.677. The second-order valence-corrected chi connectivity index (χ2v) is 7.07. The maximum atomic E-state index is 12.4. The van der Waals surface area contributed by atoms with Crippen LogP contribution in [0.5, 0.6) is 0 Å². The second kappa shape index (κ2) is 9.96. The van der Waals surface area contributed by atoms with Gasteiger partial charge in [0.05, 0.1) is 6.61 Å². The van der Waals surface area contributed by atoms with Gasteiger partial charge in [0.15, 0.2) is 0 Å². The highest BCUT2D eigenvalue weighted by Gasteiger charge is 2.31. The van der Waals surface area contributed by atoms with E-state index < -0.39 is 11.9 Å². The van der Waals surface area contributed by atoms with Gasteiger partial charge in [0.2, 0.25) is 17.7 Å². The van der Waals surface area contributed by atoms with E-state index in [1.165, 1.54) is 11.8 Å². The van der Waals surface area contributed by atoms with Gasteiger partial charge in [-0.15, -0.1) is 11.8 Å². The number of carbonyl (C=O) groups excluding carboxylic acids is 4. The van der Waals surface area contributed by atoms with E-state index in [-0.39, 0.29) is 36.9 Å². The van der Waals surface area contributed by atoms with E-state index in [0.29, 0.717) is 17.9 Å². The molecule has 1 heterocycles. The van der Waals surface area contributed by atoms with Crippen LogP contribution in [-0.4, -0.2) is 54.0 Å². The molecule has 1 saturated heterocycles. The average molecular weight is 393 g/mol. The Hall–Kier alpha value is -2.55. The van der Waals surface area contributed by atoms with Crippen LogP contribution in [0, 0.1) is 0 Å². The van der Waals surface area contributed by atoms with E-state index in [9.17, 15) is 19.2 Å². The Morgan fingerprint density at radius 1 is 1.26 bits per heavy atom. The first-order valence-electron chi connectivity index (χ1n) is 8.61. The summed E-state index contributed by atoms with van der Waals surface area (Å²) in [6.45, 7) is 3.00. The number of benzene rings is 1. The van der Waals surface area contributed by atoms with Gasteiger partial charge >= 0.3 is 5.97 Å². The fourth-order valence-corrected chi connectivity index (χ4v) is 3.83. The van der Waals surface area contributed by atoms with Gasteiger partial charge in [-0.3, -0.25) is 19.2 Å². The van der Waals surface area contributed by atoms with Crippen LogP contribution in [0.3, 0.4) is 0 Å². The molecule has 8 nitrogen and oxygen atoms in total. The molecule has 1 unspecified atom stereocenters. The number of thioether (sulfide) groups is 1. The van der Waals surface area contributed by atoms with Gasteiger partial charge in [-0.1, -0.05) is 12.1 Å². The summed E-state index contributed by atoms with van der Waals surface area (Å²) in [4.78, 5) is 48.5. The average Bonchev–Trinajstić information content (AvgIpc) is 2.62. The molecule has 2 rings (SSSR count). The highest BCUT2D eigenvalue weighted by Crippen LogP contribution is 2.37. The minimum absolute atomic E-state index is 0.115. The number of rotatable bonds is 7. The van der Waals surface area contributed by atoms with E-state index in [1.807, 2.05) is 12.1 Å². The largest absolute Gasteiger partial charge is 0.465 e. The van der Waals surface area contributed by atoms with Crippen LogP contribution in [-0.2, 0) is 23.9 Å². The van der Waals surface area contributed by atoms with Crippen molar-refractivity contribution < 1.29 is 23.9 Å². The lowest BCUT2D eigenvalue weighted by Crippen LogP contribution is -2.45. The molecule has 27 heavy (non-hydrogen) atoms. The maximum absolute atomic E-state index is 12.4. The molecule has 0 bridgehead atoms. The van der Waals surface area contributed by atoms with Crippen LogP contribution in [0.25, 0.3) is 0 Å². The third-order valence-electron chi connectivity index (χ3n) is 3.76. The molecule has 1 aliphatic rings. The van der Waals surface area contributed by atoms with Crippen molar-refractivity contribution in [1.82, 2.24) is 10.2 Å². The molecular weight excluding hydrogens is 370 g/mol. The SMILES string of the molecule is CCOC(=O)CNC(=O)CN1C(=O)CCSC1c1ccc(NC(C)=O)cc1. The zero-order valence-corrected chi connectivity index (χ0v) is 16.1. The predicted octanol–water partition coefficient (Wildman–Crippen LogP) is 1.29. The second-order valence-electron chi connectivity index (χ2n) is 5.88. The monoisotopic (exact) mass is 393 g/mol. The van der Waals surface area contributed by atoms with Crippen molar-refractivity contribution in [2.75, 3.05) is 30.8 Å². The van der Waals surface area contributed by atoms with E-state index in [4.69, 9.17) is 4.74 Å². The van der Waals surface area contributed by atoms with Gasteiger partial charge in [0.1, 0.15) is 18.5 Å². The number of nitrogens with one attached hydrogen (secondary N) is 2. The Bertz CT molecular complexity index is 707. The molecule has 1 atom stereocenters. The molecular formula is C18H23N3O5S. The van der Waals surface area contributed by atoms with Crippen molar-refractivity contribution in [2.45, 2.75) is 25.6 Å².